The van der Waals surface area contributed by atoms with Crippen molar-refractivity contribution in [2.75, 3.05) is 5.32 Å². The maximum absolute atomic E-state index is 6.19. The molecule has 0 saturated carbocycles. The third-order valence-electron chi connectivity index (χ3n) is 9.31. The van der Waals surface area contributed by atoms with Crippen LogP contribution in [0.3, 0.4) is 0 Å². The van der Waals surface area contributed by atoms with E-state index in [0.29, 0.717) is 0 Å². The molecule has 226 valence electrons. The Bertz CT molecular complexity index is 2540. The molecule has 9 aromatic rings. The minimum Gasteiger partial charge on any atom is -0.454 e. The molecular formula is C46H31NO. The van der Waals surface area contributed by atoms with E-state index < -0.39 is 0 Å². The number of hydrogen-bond acceptors (Lipinski definition) is 2. The first-order valence-corrected chi connectivity index (χ1v) is 16.3. The minimum atomic E-state index is 0.876. The van der Waals surface area contributed by atoms with Crippen LogP contribution in [0.15, 0.2) is 186 Å². The Balaban J connectivity index is 0.887. The van der Waals surface area contributed by atoms with Crippen molar-refractivity contribution in [3.63, 3.8) is 0 Å². The normalized spacial score (nSPS) is 11.3. The molecule has 0 unspecified atom stereocenters. The van der Waals surface area contributed by atoms with Gasteiger partial charge in [-0.1, -0.05) is 152 Å². The van der Waals surface area contributed by atoms with Gasteiger partial charge in [0.05, 0.1) is 5.69 Å². The highest BCUT2D eigenvalue weighted by Crippen LogP contribution is 2.35. The van der Waals surface area contributed by atoms with Gasteiger partial charge in [0.2, 0.25) is 0 Å². The molecule has 1 heterocycles. The number of benzene rings is 8. The first-order chi connectivity index (χ1) is 23.7. The molecule has 0 saturated heterocycles. The average molecular weight is 614 g/mol. The monoisotopic (exact) mass is 613 g/mol. The third kappa shape index (κ3) is 5.20. The topological polar surface area (TPSA) is 25.2 Å². The summed E-state index contributed by atoms with van der Waals surface area (Å²) in [5.41, 5.74) is 13.4. The fraction of sp³-hybridized carbons (Fsp3) is 0. The van der Waals surface area contributed by atoms with Crippen molar-refractivity contribution in [3.8, 4) is 44.5 Å². The van der Waals surface area contributed by atoms with Crippen LogP contribution in [0.4, 0.5) is 11.4 Å². The van der Waals surface area contributed by atoms with Crippen LogP contribution >= 0.6 is 0 Å². The van der Waals surface area contributed by atoms with E-state index in [-0.39, 0.29) is 0 Å². The standard InChI is InChI=1S/C46H31NO/c1-2-7-39-30-40(25-24-31(39)6-1)38-22-20-35(21-23-38)34-14-12-32(13-15-34)33-16-18-36(19-17-33)37-26-28-41(29-27-37)47-44-10-5-9-43-42-8-3-4-11-45(42)48-46(43)44/h1-30,47H. The number of para-hydroxylation sites is 2. The molecule has 0 aliphatic carbocycles. The Labute approximate surface area is 279 Å². The molecule has 9 rings (SSSR count). The van der Waals surface area contributed by atoms with Gasteiger partial charge in [-0.05, 0) is 85.6 Å². The highest BCUT2D eigenvalue weighted by molar-refractivity contribution is 6.09. The second kappa shape index (κ2) is 11.8. The van der Waals surface area contributed by atoms with E-state index in [0.717, 1.165) is 33.3 Å². The third-order valence-corrected chi connectivity index (χ3v) is 9.31. The Kier molecular flexibility index (Phi) is 6.84. The van der Waals surface area contributed by atoms with Crippen molar-refractivity contribution in [1.29, 1.82) is 0 Å². The number of fused-ring (bicyclic) bond motifs is 4. The van der Waals surface area contributed by atoms with Gasteiger partial charge in [0.1, 0.15) is 5.58 Å². The Hall–Kier alpha value is -6.38. The van der Waals surface area contributed by atoms with Gasteiger partial charge in [-0.2, -0.15) is 0 Å². The van der Waals surface area contributed by atoms with E-state index >= 15 is 0 Å². The van der Waals surface area contributed by atoms with Crippen LogP contribution in [0.1, 0.15) is 0 Å². The van der Waals surface area contributed by atoms with Crippen molar-refractivity contribution in [2.45, 2.75) is 0 Å². The van der Waals surface area contributed by atoms with Crippen molar-refractivity contribution in [2.24, 2.45) is 0 Å². The zero-order chi connectivity index (χ0) is 31.9. The van der Waals surface area contributed by atoms with Gasteiger partial charge in [0, 0.05) is 16.5 Å². The Morgan fingerprint density at radius 3 is 1.40 bits per heavy atom. The number of nitrogens with one attached hydrogen (secondary N) is 1. The van der Waals surface area contributed by atoms with E-state index in [1.54, 1.807) is 0 Å². The van der Waals surface area contributed by atoms with Crippen LogP contribution in [0.5, 0.6) is 0 Å². The van der Waals surface area contributed by atoms with Gasteiger partial charge in [-0.25, -0.2) is 0 Å². The smallest absolute Gasteiger partial charge is 0.158 e. The van der Waals surface area contributed by atoms with Crippen molar-refractivity contribution < 1.29 is 4.42 Å². The van der Waals surface area contributed by atoms with E-state index in [2.05, 4.69) is 169 Å². The highest BCUT2D eigenvalue weighted by Gasteiger charge is 2.11. The summed E-state index contributed by atoms with van der Waals surface area (Å²) in [6, 6.07) is 64.7. The SMILES string of the molecule is c1ccc2cc(-c3ccc(-c4ccc(-c5ccc(-c6ccc(Nc7cccc8c7oc7ccccc78)cc6)cc5)cc4)cc3)ccc2c1. The lowest BCUT2D eigenvalue weighted by atomic mass is 9.96. The van der Waals surface area contributed by atoms with Crippen LogP contribution in [-0.4, -0.2) is 0 Å². The molecule has 0 bridgehead atoms. The molecule has 0 radical (unpaired) electrons. The second-order valence-electron chi connectivity index (χ2n) is 12.3. The number of hydrogen-bond donors (Lipinski definition) is 1. The van der Waals surface area contributed by atoms with Crippen LogP contribution in [0, 0.1) is 0 Å². The summed E-state index contributed by atoms with van der Waals surface area (Å²) in [6.45, 7) is 0. The number of rotatable bonds is 6. The molecule has 0 atom stereocenters. The van der Waals surface area contributed by atoms with Gasteiger partial charge < -0.3 is 9.73 Å². The Morgan fingerprint density at radius 2 is 0.792 bits per heavy atom. The highest BCUT2D eigenvalue weighted by atomic mass is 16.3. The molecule has 0 spiro atoms. The molecule has 1 N–H and O–H groups in total. The lowest BCUT2D eigenvalue weighted by Gasteiger charge is -2.10. The average Bonchev–Trinajstić information content (AvgIpc) is 3.55. The zero-order valence-electron chi connectivity index (χ0n) is 26.2. The summed E-state index contributed by atoms with van der Waals surface area (Å²) in [4.78, 5) is 0. The zero-order valence-corrected chi connectivity index (χ0v) is 26.2. The van der Waals surface area contributed by atoms with Crippen LogP contribution in [-0.2, 0) is 0 Å². The lowest BCUT2D eigenvalue weighted by molar-refractivity contribution is 0.670. The van der Waals surface area contributed by atoms with Gasteiger partial charge in [0.25, 0.3) is 0 Å². The van der Waals surface area contributed by atoms with Crippen LogP contribution in [0.25, 0.3) is 77.2 Å². The Morgan fingerprint density at radius 1 is 0.333 bits per heavy atom. The minimum absolute atomic E-state index is 0.876. The van der Waals surface area contributed by atoms with Gasteiger partial charge in [-0.15, -0.1) is 0 Å². The van der Waals surface area contributed by atoms with Gasteiger partial charge in [0.15, 0.2) is 5.58 Å². The summed E-state index contributed by atoms with van der Waals surface area (Å²) in [6.07, 6.45) is 0. The molecule has 2 heteroatoms. The second-order valence-corrected chi connectivity index (χ2v) is 12.3. The predicted molar refractivity (Wildman–Crippen MR) is 203 cm³/mol. The molecule has 0 aliphatic rings. The lowest BCUT2D eigenvalue weighted by Crippen LogP contribution is -1.90. The molecule has 8 aromatic carbocycles. The van der Waals surface area contributed by atoms with E-state index in [4.69, 9.17) is 4.42 Å². The molecule has 0 aliphatic heterocycles. The van der Waals surface area contributed by atoms with Crippen molar-refractivity contribution in [3.05, 3.63) is 182 Å². The van der Waals surface area contributed by atoms with Crippen LogP contribution in [0.2, 0.25) is 0 Å². The fourth-order valence-electron chi connectivity index (χ4n) is 6.68. The molecule has 0 amide bonds. The number of anilines is 2. The molecule has 1 aromatic heterocycles. The molecule has 2 nitrogen and oxygen atoms in total. The van der Waals surface area contributed by atoms with Crippen molar-refractivity contribution in [1.82, 2.24) is 0 Å². The first-order valence-electron chi connectivity index (χ1n) is 16.3. The largest absolute Gasteiger partial charge is 0.454 e. The maximum Gasteiger partial charge on any atom is 0.158 e. The maximum atomic E-state index is 6.19. The van der Waals surface area contributed by atoms with Crippen molar-refractivity contribution >= 4 is 44.1 Å². The molecule has 48 heavy (non-hydrogen) atoms. The number of furan rings is 1. The summed E-state index contributed by atoms with van der Waals surface area (Å²) in [5, 5.41) is 8.34. The molecule has 0 fully saturated rings. The van der Waals surface area contributed by atoms with E-state index in [1.165, 1.54) is 55.3 Å². The summed E-state index contributed by atoms with van der Waals surface area (Å²) >= 11 is 0. The van der Waals surface area contributed by atoms with Gasteiger partial charge in [-0.3, -0.25) is 0 Å². The first kappa shape index (κ1) is 27.9. The van der Waals surface area contributed by atoms with E-state index in [1.807, 2.05) is 18.2 Å². The van der Waals surface area contributed by atoms with Gasteiger partial charge >= 0.3 is 0 Å². The predicted octanol–water partition coefficient (Wildman–Crippen LogP) is 13.2. The van der Waals surface area contributed by atoms with Crippen LogP contribution < -0.4 is 5.32 Å². The summed E-state index contributed by atoms with van der Waals surface area (Å²) in [7, 11) is 0. The molecular weight excluding hydrogens is 583 g/mol. The summed E-state index contributed by atoms with van der Waals surface area (Å²) < 4.78 is 6.19. The quantitative estimate of drug-likeness (QED) is 0.202. The fourth-order valence-corrected chi connectivity index (χ4v) is 6.68. The summed E-state index contributed by atoms with van der Waals surface area (Å²) in [5.74, 6) is 0. The van der Waals surface area contributed by atoms with E-state index in [9.17, 15) is 0 Å².